The molecule has 7 heteroatoms. The van der Waals surface area contributed by atoms with Crippen LogP contribution in [0.25, 0.3) is 26.6 Å². The van der Waals surface area contributed by atoms with Crippen molar-refractivity contribution in [3.05, 3.63) is 66.4 Å². The average Bonchev–Trinajstić information content (AvgIpc) is 3.52. The monoisotopic (exact) mass is 417 g/mol. The van der Waals surface area contributed by atoms with Crippen molar-refractivity contribution >= 4 is 27.5 Å². The lowest BCUT2D eigenvalue weighted by Crippen LogP contribution is -2.33. The van der Waals surface area contributed by atoms with Crippen LogP contribution in [0.5, 0.6) is 0 Å². The molecule has 1 aliphatic heterocycles. The molecule has 0 saturated carbocycles. The van der Waals surface area contributed by atoms with Gasteiger partial charge < -0.3 is 10.2 Å². The quantitative estimate of drug-likeness (QED) is 0.516. The van der Waals surface area contributed by atoms with Crippen molar-refractivity contribution in [1.29, 1.82) is 0 Å². The predicted molar refractivity (Wildman–Crippen MR) is 120 cm³/mol. The molecule has 0 unspecified atom stereocenters. The lowest BCUT2D eigenvalue weighted by atomic mass is 10.1. The first-order chi connectivity index (χ1) is 14.8. The molecular formula is C23H23N5OS. The van der Waals surface area contributed by atoms with Crippen LogP contribution in [-0.2, 0) is 0 Å². The zero-order valence-electron chi connectivity index (χ0n) is 16.6. The van der Waals surface area contributed by atoms with E-state index in [-0.39, 0.29) is 5.91 Å². The van der Waals surface area contributed by atoms with Gasteiger partial charge in [-0.3, -0.25) is 4.79 Å². The van der Waals surface area contributed by atoms with Crippen molar-refractivity contribution in [3.8, 4) is 16.4 Å². The van der Waals surface area contributed by atoms with Crippen LogP contribution >= 0.6 is 11.3 Å². The van der Waals surface area contributed by atoms with E-state index >= 15 is 0 Å². The molecule has 30 heavy (non-hydrogen) atoms. The third-order valence-electron chi connectivity index (χ3n) is 5.39. The minimum absolute atomic E-state index is 0.147. The molecule has 1 amide bonds. The standard InChI is InChI=1S/C23H23N5OS/c29-22(24-12-15-27-13-6-7-14-27)19-16-20(17-8-2-1-3-9-17)28(26-19)23-25-18-10-4-5-11-21(18)30-23/h1-5,8-11,16H,6-7,12-15H2,(H,24,29). The highest BCUT2D eigenvalue weighted by Crippen LogP contribution is 2.29. The first-order valence-electron chi connectivity index (χ1n) is 10.3. The second-order valence-corrected chi connectivity index (χ2v) is 8.47. The molecule has 0 spiro atoms. The predicted octanol–water partition coefficient (Wildman–Crippen LogP) is 3.97. The number of benzene rings is 2. The van der Waals surface area contributed by atoms with Crippen LogP contribution < -0.4 is 5.32 Å². The van der Waals surface area contributed by atoms with Gasteiger partial charge >= 0.3 is 0 Å². The Morgan fingerprint density at radius 2 is 1.80 bits per heavy atom. The Morgan fingerprint density at radius 3 is 2.60 bits per heavy atom. The Hall–Kier alpha value is -3.03. The molecule has 2 aromatic carbocycles. The van der Waals surface area contributed by atoms with Gasteiger partial charge in [-0.05, 0) is 44.1 Å². The van der Waals surface area contributed by atoms with E-state index in [0.29, 0.717) is 12.2 Å². The zero-order chi connectivity index (χ0) is 20.3. The Bertz CT molecular complexity index is 1130. The number of carbonyl (C=O) groups excluding carboxylic acids is 1. The van der Waals surface area contributed by atoms with Gasteiger partial charge in [0.15, 0.2) is 5.69 Å². The lowest BCUT2D eigenvalue weighted by molar-refractivity contribution is 0.0944. The van der Waals surface area contributed by atoms with E-state index in [2.05, 4.69) is 15.3 Å². The van der Waals surface area contributed by atoms with Gasteiger partial charge in [-0.25, -0.2) is 9.67 Å². The highest BCUT2D eigenvalue weighted by molar-refractivity contribution is 7.20. The Labute approximate surface area is 179 Å². The maximum Gasteiger partial charge on any atom is 0.271 e. The Balaban J connectivity index is 1.44. The fourth-order valence-electron chi connectivity index (χ4n) is 3.83. The van der Waals surface area contributed by atoms with Crippen molar-refractivity contribution in [2.45, 2.75) is 12.8 Å². The Morgan fingerprint density at radius 1 is 1.03 bits per heavy atom. The van der Waals surface area contributed by atoms with Gasteiger partial charge in [0.25, 0.3) is 5.91 Å². The van der Waals surface area contributed by atoms with E-state index in [1.807, 2.05) is 60.7 Å². The van der Waals surface area contributed by atoms with Gasteiger partial charge in [-0.2, -0.15) is 5.10 Å². The molecule has 0 aliphatic carbocycles. The summed E-state index contributed by atoms with van der Waals surface area (Å²) in [5, 5.41) is 8.42. The summed E-state index contributed by atoms with van der Waals surface area (Å²) in [4.78, 5) is 19.9. The maximum absolute atomic E-state index is 12.8. The summed E-state index contributed by atoms with van der Waals surface area (Å²) >= 11 is 1.57. The van der Waals surface area contributed by atoms with Crippen LogP contribution in [0.4, 0.5) is 0 Å². The molecule has 1 saturated heterocycles. The van der Waals surface area contributed by atoms with Gasteiger partial charge in [0, 0.05) is 18.7 Å². The van der Waals surface area contributed by atoms with Gasteiger partial charge in [0.1, 0.15) is 0 Å². The largest absolute Gasteiger partial charge is 0.349 e. The normalized spacial score (nSPS) is 14.4. The summed E-state index contributed by atoms with van der Waals surface area (Å²) in [5.41, 5.74) is 3.21. The molecule has 6 nitrogen and oxygen atoms in total. The van der Waals surface area contributed by atoms with Crippen LogP contribution in [0.2, 0.25) is 0 Å². The summed E-state index contributed by atoms with van der Waals surface area (Å²) in [6.07, 6.45) is 2.50. The molecule has 4 aromatic rings. The van der Waals surface area contributed by atoms with Crippen molar-refractivity contribution in [1.82, 2.24) is 25.0 Å². The first-order valence-corrected chi connectivity index (χ1v) is 11.1. The first kappa shape index (κ1) is 19.0. The summed E-state index contributed by atoms with van der Waals surface area (Å²) < 4.78 is 2.88. The van der Waals surface area contributed by atoms with E-state index in [0.717, 1.165) is 46.2 Å². The van der Waals surface area contributed by atoms with E-state index in [4.69, 9.17) is 4.98 Å². The third kappa shape index (κ3) is 3.86. The zero-order valence-corrected chi connectivity index (χ0v) is 17.4. The smallest absolute Gasteiger partial charge is 0.271 e. The average molecular weight is 418 g/mol. The van der Waals surface area contributed by atoms with Gasteiger partial charge in [-0.1, -0.05) is 53.8 Å². The number of fused-ring (bicyclic) bond motifs is 1. The number of para-hydroxylation sites is 1. The summed E-state index contributed by atoms with van der Waals surface area (Å²) in [5.74, 6) is -0.147. The molecule has 2 aromatic heterocycles. The number of amides is 1. The number of thiazole rings is 1. The SMILES string of the molecule is O=C(NCCN1CCCC1)c1cc(-c2ccccc2)n(-c2nc3ccccc3s2)n1. The maximum atomic E-state index is 12.8. The molecule has 3 heterocycles. The Kier molecular flexibility index (Phi) is 5.29. The molecule has 1 fully saturated rings. The topological polar surface area (TPSA) is 63.1 Å². The molecule has 0 radical (unpaired) electrons. The number of likely N-dealkylation sites (tertiary alicyclic amines) is 1. The molecule has 1 aliphatic rings. The van der Waals surface area contributed by atoms with Crippen molar-refractivity contribution in [2.75, 3.05) is 26.2 Å². The van der Waals surface area contributed by atoms with Crippen molar-refractivity contribution < 1.29 is 4.79 Å². The van der Waals surface area contributed by atoms with Gasteiger partial charge in [0.2, 0.25) is 5.13 Å². The van der Waals surface area contributed by atoms with Crippen LogP contribution in [0.1, 0.15) is 23.3 Å². The lowest BCUT2D eigenvalue weighted by Gasteiger charge is -2.14. The second-order valence-electron chi connectivity index (χ2n) is 7.46. The highest BCUT2D eigenvalue weighted by atomic mass is 32.1. The number of rotatable bonds is 6. The third-order valence-corrected chi connectivity index (χ3v) is 6.40. The minimum Gasteiger partial charge on any atom is -0.349 e. The molecule has 0 bridgehead atoms. The molecule has 5 rings (SSSR count). The number of nitrogens with one attached hydrogen (secondary N) is 1. The van der Waals surface area contributed by atoms with E-state index < -0.39 is 0 Å². The second kappa shape index (κ2) is 8.38. The molecule has 152 valence electrons. The van der Waals surface area contributed by atoms with Crippen molar-refractivity contribution in [3.63, 3.8) is 0 Å². The van der Waals surface area contributed by atoms with E-state index in [9.17, 15) is 4.79 Å². The number of hydrogen-bond donors (Lipinski definition) is 1. The molecular weight excluding hydrogens is 394 g/mol. The van der Waals surface area contributed by atoms with Crippen LogP contribution in [0.3, 0.4) is 0 Å². The highest BCUT2D eigenvalue weighted by Gasteiger charge is 2.19. The van der Waals surface area contributed by atoms with E-state index in [1.54, 1.807) is 16.0 Å². The van der Waals surface area contributed by atoms with Crippen LogP contribution in [0, 0.1) is 0 Å². The van der Waals surface area contributed by atoms with Crippen molar-refractivity contribution in [2.24, 2.45) is 0 Å². The van der Waals surface area contributed by atoms with Crippen LogP contribution in [0.15, 0.2) is 60.7 Å². The fourth-order valence-corrected chi connectivity index (χ4v) is 4.76. The molecule has 0 atom stereocenters. The van der Waals surface area contributed by atoms with Crippen LogP contribution in [-0.4, -0.2) is 51.8 Å². The van der Waals surface area contributed by atoms with Gasteiger partial charge in [-0.15, -0.1) is 0 Å². The molecule has 1 N–H and O–H groups in total. The fraction of sp³-hybridized carbons (Fsp3) is 0.261. The number of hydrogen-bond acceptors (Lipinski definition) is 5. The summed E-state index contributed by atoms with van der Waals surface area (Å²) in [6, 6.07) is 19.9. The summed E-state index contributed by atoms with van der Waals surface area (Å²) in [6.45, 7) is 3.77. The summed E-state index contributed by atoms with van der Waals surface area (Å²) in [7, 11) is 0. The number of aromatic nitrogens is 3. The number of carbonyl (C=O) groups is 1. The number of nitrogens with zero attached hydrogens (tertiary/aromatic N) is 4. The van der Waals surface area contributed by atoms with E-state index in [1.165, 1.54) is 12.8 Å². The van der Waals surface area contributed by atoms with Gasteiger partial charge in [0.05, 0.1) is 15.9 Å². The minimum atomic E-state index is -0.147.